The zero-order chi connectivity index (χ0) is 14.1. The molecule has 0 unspecified atom stereocenters. The standard InChI is InChI=1S/C9H8N6O2S2/c1-14-9(16)15(13-12-14)7-6(19-5-11-7)4-17-8-10-2-3-18-8/h2-3,5H,4H2,1H3/i2T. The highest BCUT2D eigenvalue weighted by Crippen LogP contribution is 2.20. The number of thiazole rings is 2. The number of aryl methyl sites for hydroxylation is 1. The van der Waals surface area contributed by atoms with Gasteiger partial charge in [-0.2, -0.15) is 4.68 Å². The van der Waals surface area contributed by atoms with E-state index in [9.17, 15) is 4.79 Å². The SMILES string of the molecule is [3H]c1csc(OCc2scnc2-n2nnn(C)c2=O)n1. The highest BCUT2D eigenvalue weighted by atomic mass is 32.1. The lowest BCUT2D eigenvalue weighted by Crippen LogP contribution is -2.23. The largest absolute Gasteiger partial charge is 0.464 e. The van der Waals surface area contributed by atoms with Crippen LogP contribution in [-0.2, 0) is 13.7 Å². The predicted molar refractivity (Wildman–Crippen MR) is 68.7 cm³/mol. The maximum Gasteiger partial charge on any atom is 0.369 e. The summed E-state index contributed by atoms with van der Waals surface area (Å²) in [6.07, 6.45) is 0.166. The molecule has 19 heavy (non-hydrogen) atoms. The van der Waals surface area contributed by atoms with Crippen LogP contribution in [0.2, 0.25) is 0 Å². The summed E-state index contributed by atoms with van der Waals surface area (Å²) in [5.74, 6) is 0.399. The van der Waals surface area contributed by atoms with Gasteiger partial charge in [0.25, 0.3) is 5.19 Å². The van der Waals surface area contributed by atoms with Crippen molar-refractivity contribution in [3.05, 3.63) is 32.4 Å². The van der Waals surface area contributed by atoms with Crippen molar-refractivity contribution in [2.75, 3.05) is 0 Å². The molecule has 98 valence electrons. The Morgan fingerprint density at radius 2 is 2.32 bits per heavy atom. The Hall–Kier alpha value is -2.07. The Bertz CT molecular complexity index is 790. The zero-order valence-corrected chi connectivity index (χ0v) is 11.3. The third-order valence-corrected chi connectivity index (χ3v) is 3.67. The van der Waals surface area contributed by atoms with Gasteiger partial charge in [-0.1, -0.05) is 11.3 Å². The van der Waals surface area contributed by atoms with Crippen LogP contribution in [0.25, 0.3) is 5.82 Å². The number of rotatable bonds is 4. The molecule has 0 amide bonds. The van der Waals surface area contributed by atoms with Gasteiger partial charge in [-0.05, 0) is 10.4 Å². The third kappa shape index (κ3) is 2.27. The molecular weight excluding hydrogens is 288 g/mol. The highest BCUT2D eigenvalue weighted by molar-refractivity contribution is 7.11. The number of hydrogen-bond acceptors (Lipinski definition) is 8. The lowest BCUT2D eigenvalue weighted by atomic mass is 10.5. The molecule has 0 saturated carbocycles. The molecule has 0 atom stereocenters. The Balaban J connectivity index is 1.83. The van der Waals surface area contributed by atoms with Crippen LogP contribution < -0.4 is 10.4 Å². The molecule has 3 aromatic rings. The van der Waals surface area contributed by atoms with Crippen LogP contribution in [0.3, 0.4) is 0 Å². The van der Waals surface area contributed by atoms with E-state index in [1.54, 1.807) is 10.9 Å². The molecular formula is C9H8N6O2S2. The number of ether oxygens (including phenoxy) is 1. The molecule has 0 aromatic carbocycles. The van der Waals surface area contributed by atoms with E-state index in [-0.39, 0.29) is 18.5 Å². The molecule has 3 heterocycles. The topological polar surface area (TPSA) is 87.7 Å². The summed E-state index contributed by atoms with van der Waals surface area (Å²) >= 11 is 2.59. The van der Waals surface area contributed by atoms with Crippen molar-refractivity contribution in [1.29, 1.82) is 0 Å². The predicted octanol–water partition coefficient (Wildman–Crippen LogP) is 0.458. The molecule has 0 bridgehead atoms. The fraction of sp³-hybridized carbons (Fsp3) is 0.222. The Morgan fingerprint density at radius 1 is 1.42 bits per heavy atom. The van der Waals surface area contributed by atoms with Crippen LogP contribution in [-0.4, -0.2) is 29.8 Å². The maximum atomic E-state index is 11.8. The van der Waals surface area contributed by atoms with E-state index >= 15 is 0 Å². The first-order chi connectivity index (χ1) is 9.65. The molecule has 3 aromatic heterocycles. The number of hydrogen-bond donors (Lipinski definition) is 0. The summed E-state index contributed by atoms with van der Waals surface area (Å²) in [5, 5.41) is 9.36. The van der Waals surface area contributed by atoms with E-state index in [2.05, 4.69) is 20.4 Å². The first kappa shape index (κ1) is 10.8. The van der Waals surface area contributed by atoms with Crippen LogP contribution in [0.5, 0.6) is 5.19 Å². The number of nitrogens with zero attached hydrogens (tertiary/aromatic N) is 6. The van der Waals surface area contributed by atoms with Crippen LogP contribution in [0, 0.1) is 0 Å². The van der Waals surface area contributed by atoms with E-state index in [4.69, 9.17) is 6.11 Å². The van der Waals surface area contributed by atoms with Crippen LogP contribution >= 0.6 is 22.7 Å². The minimum Gasteiger partial charge on any atom is -0.464 e. The Labute approximate surface area is 116 Å². The molecule has 0 aliphatic heterocycles. The quantitative estimate of drug-likeness (QED) is 0.695. The van der Waals surface area contributed by atoms with Gasteiger partial charge >= 0.3 is 5.69 Å². The molecule has 0 spiro atoms. The van der Waals surface area contributed by atoms with Crippen molar-refractivity contribution in [3.63, 3.8) is 0 Å². The van der Waals surface area contributed by atoms with Gasteiger partial charge in [-0.25, -0.2) is 14.8 Å². The lowest BCUT2D eigenvalue weighted by molar-refractivity contribution is 0.307. The smallest absolute Gasteiger partial charge is 0.369 e. The minimum absolute atomic E-state index is 0.166. The van der Waals surface area contributed by atoms with Gasteiger partial charge in [0.1, 0.15) is 6.61 Å². The average Bonchev–Trinajstić information content (AvgIpc) is 3.11. The normalized spacial score (nSPS) is 11.5. The molecule has 3 rings (SSSR count). The number of tetrazole rings is 1. The van der Waals surface area contributed by atoms with Gasteiger partial charge in [0.2, 0.25) is 0 Å². The highest BCUT2D eigenvalue weighted by Gasteiger charge is 2.14. The lowest BCUT2D eigenvalue weighted by Gasteiger charge is -2.01. The summed E-state index contributed by atoms with van der Waals surface area (Å²) < 4.78 is 15.0. The summed E-state index contributed by atoms with van der Waals surface area (Å²) in [6, 6.07) is 0. The van der Waals surface area contributed by atoms with Crippen molar-refractivity contribution in [1.82, 2.24) is 29.8 Å². The van der Waals surface area contributed by atoms with Crippen molar-refractivity contribution < 1.29 is 6.11 Å². The molecule has 8 nitrogen and oxygen atoms in total. The monoisotopic (exact) mass is 298 g/mol. The third-order valence-electron chi connectivity index (χ3n) is 2.24. The Morgan fingerprint density at radius 3 is 3.00 bits per heavy atom. The van der Waals surface area contributed by atoms with E-state index in [0.29, 0.717) is 11.0 Å². The van der Waals surface area contributed by atoms with Crippen LogP contribution in [0.4, 0.5) is 0 Å². The van der Waals surface area contributed by atoms with Gasteiger partial charge in [-0.15, -0.1) is 16.0 Å². The van der Waals surface area contributed by atoms with Gasteiger partial charge in [0, 0.05) is 18.6 Å². The van der Waals surface area contributed by atoms with E-state index in [1.807, 2.05) is 0 Å². The molecule has 0 radical (unpaired) electrons. The first-order valence-electron chi connectivity index (χ1n) is 5.62. The molecule has 0 N–H and O–H groups in total. The maximum absolute atomic E-state index is 11.8. The summed E-state index contributed by atoms with van der Waals surface area (Å²) in [7, 11) is 1.51. The summed E-state index contributed by atoms with van der Waals surface area (Å²) in [4.78, 5) is 20.5. The Kier molecular flexibility index (Phi) is 2.79. The number of aromatic nitrogens is 6. The fourth-order valence-corrected chi connectivity index (χ4v) is 2.45. The zero-order valence-electron chi connectivity index (χ0n) is 10.7. The molecule has 10 heteroatoms. The van der Waals surface area contributed by atoms with Crippen molar-refractivity contribution in [3.8, 4) is 11.0 Å². The van der Waals surface area contributed by atoms with Crippen LogP contribution in [0.15, 0.2) is 21.9 Å². The van der Waals surface area contributed by atoms with Crippen molar-refractivity contribution >= 4 is 22.7 Å². The van der Waals surface area contributed by atoms with Gasteiger partial charge in [0.05, 0.1) is 11.8 Å². The first-order valence-corrected chi connectivity index (χ1v) is 6.88. The molecule has 0 fully saturated rings. The second-order valence-corrected chi connectivity index (χ2v) is 5.19. The molecule has 0 aliphatic carbocycles. The van der Waals surface area contributed by atoms with E-state index in [0.717, 1.165) is 14.2 Å². The van der Waals surface area contributed by atoms with E-state index in [1.165, 1.54) is 29.7 Å². The second-order valence-electron chi connectivity index (χ2n) is 3.43. The fourth-order valence-electron chi connectivity index (χ4n) is 1.36. The van der Waals surface area contributed by atoms with Crippen molar-refractivity contribution in [2.24, 2.45) is 7.05 Å². The summed E-state index contributed by atoms with van der Waals surface area (Å²) in [5.41, 5.74) is 1.23. The van der Waals surface area contributed by atoms with Crippen LogP contribution in [0.1, 0.15) is 6.25 Å². The molecule has 0 aliphatic rings. The van der Waals surface area contributed by atoms with E-state index < -0.39 is 0 Å². The van der Waals surface area contributed by atoms with Gasteiger partial charge in [-0.3, -0.25) is 0 Å². The van der Waals surface area contributed by atoms with Crippen molar-refractivity contribution in [2.45, 2.75) is 6.61 Å². The minimum atomic E-state index is -0.375. The second kappa shape index (κ2) is 4.90. The van der Waals surface area contributed by atoms with Gasteiger partial charge in [0.15, 0.2) is 5.82 Å². The molecule has 0 saturated heterocycles. The summed E-state index contributed by atoms with van der Waals surface area (Å²) in [6.45, 7) is 0.204. The van der Waals surface area contributed by atoms with Gasteiger partial charge < -0.3 is 4.74 Å². The average molecular weight is 298 g/mol.